The number of nitrogens with zero attached hydrogens (tertiary/aromatic N) is 2. The first-order valence-electron chi connectivity index (χ1n) is 3.65. The molecule has 0 radical (unpaired) electrons. The lowest BCUT2D eigenvalue weighted by Gasteiger charge is -2.07. The molecule has 72 valence electrons. The number of rotatable bonds is 3. The molecule has 1 aromatic heterocycles. The van der Waals surface area contributed by atoms with Crippen LogP contribution in [0, 0.1) is 0 Å². The van der Waals surface area contributed by atoms with Crippen LogP contribution in [0.15, 0.2) is 6.20 Å². The van der Waals surface area contributed by atoms with Crippen molar-refractivity contribution in [1.82, 2.24) is 9.97 Å². The third kappa shape index (κ3) is 3.32. The summed E-state index contributed by atoms with van der Waals surface area (Å²) in [4.78, 5) is 7.44. The highest BCUT2D eigenvalue weighted by Crippen LogP contribution is 2.19. The van der Waals surface area contributed by atoms with Crippen molar-refractivity contribution in [2.75, 3.05) is 11.9 Å². The van der Waals surface area contributed by atoms with Crippen LogP contribution in [0.5, 0.6) is 0 Å². The Hall–Kier alpha value is -0.610. The van der Waals surface area contributed by atoms with Crippen molar-refractivity contribution >= 4 is 29.0 Å². The van der Waals surface area contributed by atoms with Crippen LogP contribution >= 0.6 is 23.2 Å². The van der Waals surface area contributed by atoms with E-state index in [-0.39, 0.29) is 11.8 Å². The number of anilines is 1. The molecule has 1 unspecified atom stereocenters. The fraction of sp³-hybridized carbons (Fsp3) is 0.429. The predicted molar refractivity (Wildman–Crippen MR) is 51.1 cm³/mol. The summed E-state index contributed by atoms with van der Waals surface area (Å²) in [5.41, 5.74) is 0. The maximum Gasteiger partial charge on any atom is 0.224 e. The van der Waals surface area contributed by atoms with E-state index >= 15 is 0 Å². The zero-order valence-corrected chi connectivity index (χ0v) is 8.40. The first-order valence-corrected chi connectivity index (χ1v) is 4.41. The number of nitrogens with one attached hydrogen (secondary N) is 1. The van der Waals surface area contributed by atoms with Crippen molar-refractivity contribution in [3.8, 4) is 0 Å². The van der Waals surface area contributed by atoms with Crippen LogP contribution < -0.4 is 5.32 Å². The van der Waals surface area contributed by atoms with Crippen LogP contribution in [0.1, 0.15) is 6.92 Å². The molecular formula is C7H8Cl2FN3. The molecule has 1 atom stereocenters. The fourth-order valence-electron chi connectivity index (χ4n) is 0.707. The number of alkyl halides is 1. The molecule has 6 heteroatoms. The van der Waals surface area contributed by atoms with Crippen molar-refractivity contribution in [2.24, 2.45) is 0 Å². The minimum absolute atomic E-state index is 0.0819. The van der Waals surface area contributed by atoms with Gasteiger partial charge in [0, 0.05) is 6.54 Å². The lowest BCUT2D eigenvalue weighted by atomic mass is 10.4. The van der Waals surface area contributed by atoms with Crippen LogP contribution in [0.3, 0.4) is 0 Å². The van der Waals surface area contributed by atoms with Crippen LogP contribution in [0.2, 0.25) is 10.3 Å². The van der Waals surface area contributed by atoms with Gasteiger partial charge >= 0.3 is 0 Å². The first kappa shape index (κ1) is 10.5. The Labute approximate surface area is 85.3 Å². The van der Waals surface area contributed by atoms with Gasteiger partial charge in [-0.15, -0.1) is 0 Å². The van der Waals surface area contributed by atoms with E-state index in [1.807, 2.05) is 0 Å². The van der Waals surface area contributed by atoms with E-state index < -0.39 is 6.17 Å². The van der Waals surface area contributed by atoms with Crippen LogP contribution in [0.4, 0.5) is 10.2 Å². The van der Waals surface area contributed by atoms with Gasteiger partial charge in [-0.05, 0) is 18.5 Å². The zero-order chi connectivity index (χ0) is 9.84. The molecule has 0 saturated carbocycles. The summed E-state index contributed by atoms with van der Waals surface area (Å²) in [6.07, 6.45) is 0.395. The van der Waals surface area contributed by atoms with Crippen molar-refractivity contribution in [2.45, 2.75) is 13.1 Å². The molecule has 0 aliphatic rings. The summed E-state index contributed by atoms with van der Waals surface area (Å²) in [7, 11) is 0. The van der Waals surface area contributed by atoms with E-state index in [0.717, 1.165) is 0 Å². The Morgan fingerprint density at radius 3 is 2.92 bits per heavy atom. The molecule has 13 heavy (non-hydrogen) atoms. The Bertz CT molecular complexity index is 293. The Morgan fingerprint density at radius 1 is 1.62 bits per heavy atom. The minimum atomic E-state index is -0.968. The topological polar surface area (TPSA) is 37.8 Å². The fourth-order valence-corrected chi connectivity index (χ4v) is 0.998. The molecule has 1 heterocycles. The van der Waals surface area contributed by atoms with Gasteiger partial charge in [-0.2, -0.15) is 4.98 Å². The second-order valence-electron chi connectivity index (χ2n) is 2.50. The molecule has 1 rings (SSSR count). The van der Waals surface area contributed by atoms with Gasteiger partial charge in [0.05, 0.1) is 6.20 Å². The van der Waals surface area contributed by atoms with Gasteiger partial charge in [0.15, 0.2) is 0 Å². The highest BCUT2D eigenvalue weighted by molar-refractivity contribution is 6.33. The maximum atomic E-state index is 12.4. The smallest absolute Gasteiger partial charge is 0.224 e. The summed E-state index contributed by atoms with van der Waals surface area (Å²) in [6.45, 7) is 1.58. The van der Waals surface area contributed by atoms with Gasteiger partial charge in [0.25, 0.3) is 0 Å². The molecule has 1 aromatic rings. The molecule has 0 saturated heterocycles. The van der Waals surface area contributed by atoms with Gasteiger partial charge in [-0.3, -0.25) is 0 Å². The second-order valence-corrected chi connectivity index (χ2v) is 3.24. The second kappa shape index (κ2) is 4.58. The number of hydrogen-bond donors (Lipinski definition) is 1. The first-order chi connectivity index (χ1) is 6.09. The molecule has 0 aliphatic heterocycles. The van der Waals surface area contributed by atoms with E-state index in [1.54, 1.807) is 0 Å². The standard InChI is InChI=1S/C7H8Cl2FN3/c1-4(10)2-11-6-5(8)3-12-7(9)13-6/h3-4H,2H2,1H3,(H,11,12,13). The Morgan fingerprint density at radius 2 is 2.31 bits per heavy atom. The van der Waals surface area contributed by atoms with E-state index in [9.17, 15) is 4.39 Å². The van der Waals surface area contributed by atoms with Gasteiger partial charge in [-0.1, -0.05) is 11.6 Å². The Kier molecular flexibility index (Phi) is 3.69. The van der Waals surface area contributed by atoms with Crippen molar-refractivity contribution in [3.63, 3.8) is 0 Å². The monoisotopic (exact) mass is 223 g/mol. The molecule has 0 aromatic carbocycles. The maximum absolute atomic E-state index is 12.4. The molecule has 0 fully saturated rings. The summed E-state index contributed by atoms with van der Waals surface area (Å²) in [6, 6.07) is 0. The quantitative estimate of drug-likeness (QED) is 0.801. The van der Waals surface area contributed by atoms with E-state index in [2.05, 4.69) is 15.3 Å². The average molecular weight is 224 g/mol. The molecule has 0 bridgehead atoms. The average Bonchev–Trinajstić information content (AvgIpc) is 2.06. The normalized spacial score (nSPS) is 12.6. The van der Waals surface area contributed by atoms with Crippen molar-refractivity contribution in [1.29, 1.82) is 0 Å². The van der Waals surface area contributed by atoms with Crippen molar-refractivity contribution in [3.05, 3.63) is 16.5 Å². The van der Waals surface area contributed by atoms with Crippen LogP contribution in [-0.4, -0.2) is 22.7 Å². The SMILES string of the molecule is CC(F)CNc1nc(Cl)ncc1Cl. The van der Waals surface area contributed by atoms with Gasteiger partial charge in [0.1, 0.15) is 17.0 Å². The molecule has 0 spiro atoms. The molecule has 3 nitrogen and oxygen atoms in total. The van der Waals surface area contributed by atoms with Gasteiger partial charge in [0.2, 0.25) is 5.28 Å². The van der Waals surface area contributed by atoms with E-state index in [0.29, 0.717) is 10.8 Å². The highest BCUT2D eigenvalue weighted by Gasteiger charge is 2.05. The van der Waals surface area contributed by atoms with Crippen molar-refractivity contribution < 1.29 is 4.39 Å². The Balaban J connectivity index is 2.70. The number of aromatic nitrogens is 2. The highest BCUT2D eigenvalue weighted by atomic mass is 35.5. The van der Waals surface area contributed by atoms with Crippen LogP contribution in [0.25, 0.3) is 0 Å². The molecule has 0 aliphatic carbocycles. The third-order valence-corrected chi connectivity index (χ3v) is 1.72. The summed E-state index contributed by atoms with van der Waals surface area (Å²) in [5, 5.41) is 3.12. The van der Waals surface area contributed by atoms with E-state index in [1.165, 1.54) is 13.1 Å². The molecule has 0 amide bonds. The van der Waals surface area contributed by atoms with Crippen LogP contribution in [-0.2, 0) is 0 Å². The van der Waals surface area contributed by atoms with Gasteiger partial charge < -0.3 is 5.32 Å². The van der Waals surface area contributed by atoms with E-state index in [4.69, 9.17) is 23.2 Å². The summed E-state index contributed by atoms with van der Waals surface area (Å²) in [5.74, 6) is 0.353. The third-order valence-electron chi connectivity index (χ3n) is 1.27. The largest absolute Gasteiger partial charge is 0.366 e. The van der Waals surface area contributed by atoms with Gasteiger partial charge in [-0.25, -0.2) is 9.37 Å². The summed E-state index contributed by atoms with van der Waals surface area (Å²) >= 11 is 11.2. The molecule has 1 N–H and O–H groups in total. The minimum Gasteiger partial charge on any atom is -0.366 e. The number of halogens is 3. The lowest BCUT2D eigenvalue weighted by Crippen LogP contribution is -2.12. The summed E-state index contributed by atoms with van der Waals surface area (Å²) < 4.78 is 12.4. The predicted octanol–water partition coefficient (Wildman–Crippen LogP) is 2.55. The molecular weight excluding hydrogens is 216 g/mol. The number of hydrogen-bond acceptors (Lipinski definition) is 3. The lowest BCUT2D eigenvalue weighted by molar-refractivity contribution is 0.378. The zero-order valence-electron chi connectivity index (χ0n) is 6.89.